The van der Waals surface area contributed by atoms with Crippen molar-refractivity contribution in [2.45, 2.75) is 13.0 Å². The lowest BCUT2D eigenvalue weighted by Crippen LogP contribution is -2.36. The summed E-state index contributed by atoms with van der Waals surface area (Å²) >= 11 is 0. The van der Waals surface area contributed by atoms with Crippen molar-refractivity contribution in [3.8, 4) is 0 Å². The van der Waals surface area contributed by atoms with E-state index in [2.05, 4.69) is 20.5 Å². The molecule has 15 heavy (non-hydrogen) atoms. The molecule has 0 aliphatic heterocycles. The van der Waals surface area contributed by atoms with E-state index in [-0.39, 0.29) is 6.04 Å². The Kier molecular flexibility index (Phi) is 2.46. The van der Waals surface area contributed by atoms with Gasteiger partial charge in [-0.2, -0.15) is 4.52 Å². The highest BCUT2D eigenvalue weighted by Gasteiger charge is 2.12. The number of fused-ring (bicyclic) bond motifs is 1. The van der Waals surface area contributed by atoms with Gasteiger partial charge in [0, 0.05) is 19.6 Å². The number of nitrogens with two attached hydrogens (primary N) is 1. The number of nitrogens with zero attached hydrogens (tertiary/aromatic N) is 6. The van der Waals surface area contributed by atoms with E-state index in [9.17, 15) is 0 Å². The highest BCUT2D eigenvalue weighted by atomic mass is 15.5. The highest BCUT2D eigenvalue weighted by molar-refractivity contribution is 5.45. The second-order valence-corrected chi connectivity index (χ2v) is 3.41. The first kappa shape index (κ1) is 9.78. The molecule has 80 valence electrons. The zero-order valence-corrected chi connectivity index (χ0v) is 8.70. The number of aromatic nitrogens is 5. The third-order valence-electron chi connectivity index (χ3n) is 2.45. The van der Waals surface area contributed by atoms with Crippen LogP contribution in [0.1, 0.15) is 6.92 Å². The number of hydrogen-bond donors (Lipinski definition) is 1. The Morgan fingerprint density at radius 1 is 1.53 bits per heavy atom. The summed E-state index contributed by atoms with van der Waals surface area (Å²) in [7, 11) is 1.94. The van der Waals surface area contributed by atoms with Crippen molar-refractivity contribution in [2.24, 2.45) is 5.73 Å². The summed E-state index contributed by atoms with van der Waals surface area (Å²) in [4.78, 5) is 6.07. The quantitative estimate of drug-likeness (QED) is 0.716. The fourth-order valence-electron chi connectivity index (χ4n) is 1.29. The molecular weight excluding hydrogens is 194 g/mol. The van der Waals surface area contributed by atoms with E-state index in [0.717, 1.165) is 5.82 Å². The summed E-state index contributed by atoms with van der Waals surface area (Å²) in [5.41, 5.74) is 6.23. The number of hydrogen-bond acceptors (Lipinski definition) is 6. The zero-order chi connectivity index (χ0) is 10.8. The monoisotopic (exact) mass is 207 g/mol. The lowest BCUT2D eigenvalue weighted by atomic mass is 10.3. The van der Waals surface area contributed by atoms with Crippen molar-refractivity contribution in [1.29, 1.82) is 0 Å². The van der Waals surface area contributed by atoms with Gasteiger partial charge in [0.15, 0.2) is 11.5 Å². The van der Waals surface area contributed by atoms with Crippen LogP contribution in [0.2, 0.25) is 0 Å². The molecule has 2 heterocycles. The molecule has 2 aromatic heterocycles. The standard InChI is InChI=1S/C8H13N7/c1-6(3-9)14(2)8-5-10-4-7-11-12-13-15(7)8/h4-6H,3,9H2,1-2H3. The van der Waals surface area contributed by atoms with E-state index in [1.807, 2.05) is 18.9 Å². The fraction of sp³-hybridized carbons (Fsp3) is 0.500. The van der Waals surface area contributed by atoms with Gasteiger partial charge in [-0.25, -0.2) is 0 Å². The van der Waals surface area contributed by atoms with E-state index < -0.39 is 0 Å². The molecule has 7 heteroatoms. The SMILES string of the molecule is CC(CN)N(C)c1cncc2nnnn12. The number of likely N-dealkylation sites (N-methyl/N-ethyl adjacent to an activating group) is 1. The van der Waals surface area contributed by atoms with Crippen LogP contribution in [-0.2, 0) is 0 Å². The fourth-order valence-corrected chi connectivity index (χ4v) is 1.29. The van der Waals surface area contributed by atoms with E-state index in [0.29, 0.717) is 12.2 Å². The predicted molar refractivity (Wildman–Crippen MR) is 55.5 cm³/mol. The summed E-state index contributed by atoms with van der Waals surface area (Å²) in [6.45, 7) is 2.60. The predicted octanol–water partition coefficient (Wildman–Crippen LogP) is -0.697. The number of rotatable bonds is 3. The minimum atomic E-state index is 0.210. The molecule has 0 amide bonds. The smallest absolute Gasteiger partial charge is 0.199 e. The summed E-state index contributed by atoms with van der Waals surface area (Å²) < 4.78 is 1.64. The third kappa shape index (κ3) is 1.61. The average molecular weight is 207 g/mol. The van der Waals surface area contributed by atoms with Gasteiger partial charge in [0.2, 0.25) is 0 Å². The minimum Gasteiger partial charge on any atom is -0.354 e. The van der Waals surface area contributed by atoms with Gasteiger partial charge in [0.05, 0.1) is 12.4 Å². The van der Waals surface area contributed by atoms with Crippen molar-refractivity contribution in [3.63, 3.8) is 0 Å². The largest absolute Gasteiger partial charge is 0.354 e. The van der Waals surface area contributed by atoms with Crippen molar-refractivity contribution >= 4 is 11.5 Å². The van der Waals surface area contributed by atoms with Crippen molar-refractivity contribution in [3.05, 3.63) is 12.4 Å². The molecule has 0 aromatic carbocycles. The topological polar surface area (TPSA) is 85.2 Å². The molecule has 0 saturated heterocycles. The maximum Gasteiger partial charge on any atom is 0.199 e. The minimum absolute atomic E-state index is 0.210. The Morgan fingerprint density at radius 3 is 3.07 bits per heavy atom. The van der Waals surface area contributed by atoms with Gasteiger partial charge in [0.1, 0.15) is 0 Å². The van der Waals surface area contributed by atoms with Crippen LogP contribution in [0.4, 0.5) is 5.82 Å². The summed E-state index contributed by atoms with van der Waals surface area (Å²) in [6.07, 6.45) is 3.33. The third-order valence-corrected chi connectivity index (χ3v) is 2.45. The van der Waals surface area contributed by atoms with Crippen molar-refractivity contribution < 1.29 is 0 Å². The Hall–Kier alpha value is -1.76. The van der Waals surface area contributed by atoms with E-state index >= 15 is 0 Å². The maximum absolute atomic E-state index is 5.61. The molecular formula is C8H13N7. The first-order valence-electron chi connectivity index (χ1n) is 4.69. The van der Waals surface area contributed by atoms with Crippen LogP contribution in [0.15, 0.2) is 12.4 Å². The van der Waals surface area contributed by atoms with Gasteiger partial charge in [0.25, 0.3) is 0 Å². The van der Waals surface area contributed by atoms with Crippen LogP contribution in [-0.4, -0.2) is 44.7 Å². The first-order valence-corrected chi connectivity index (χ1v) is 4.69. The lowest BCUT2D eigenvalue weighted by molar-refractivity contribution is 0.669. The summed E-state index contributed by atoms with van der Waals surface area (Å²) in [5.74, 6) is 0.829. The van der Waals surface area contributed by atoms with Gasteiger partial charge >= 0.3 is 0 Å². The van der Waals surface area contributed by atoms with E-state index in [4.69, 9.17) is 5.73 Å². The van der Waals surface area contributed by atoms with Crippen LogP contribution in [0.5, 0.6) is 0 Å². The highest BCUT2D eigenvalue weighted by Crippen LogP contribution is 2.12. The second-order valence-electron chi connectivity index (χ2n) is 3.41. The Bertz CT molecular complexity index is 451. The van der Waals surface area contributed by atoms with Gasteiger partial charge in [-0.15, -0.1) is 5.10 Å². The molecule has 1 unspecified atom stereocenters. The molecule has 0 bridgehead atoms. The van der Waals surface area contributed by atoms with Gasteiger partial charge in [-0.1, -0.05) is 0 Å². The molecule has 0 aliphatic rings. The summed E-state index contributed by atoms with van der Waals surface area (Å²) in [5, 5.41) is 11.3. The van der Waals surface area contributed by atoms with Crippen molar-refractivity contribution in [1.82, 2.24) is 25.0 Å². The molecule has 0 aliphatic carbocycles. The molecule has 1 atom stereocenters. The number of tetrazole rings is 1. The molecule has 7 nitrogen and oxygen atoms in total. The van der Waals surface area contributed by atoms with Crippen LogP contribution in [0, 0.1) is 0 Å². The lowest BCUT2D eigenvalue weighted by Gasteiger charge is -2.24. The Labute approximate surface area is 86.9 Å². The molecule has 0 saturated carbocycles. The number of anilines is 1. The van der Waals surface area contributed by atoms with E-state index in [1.165, 1.54) is 0 Å². The Morgan fingerprint density at radius 2 is 2.33 bits per heavy atom. The van der Waals surface area contributed by atoms with Crippen LogP contribution in [0.25, 0.3) is 5.65 Å². The molecule has 2 aromatic rings. The molecule has 2 rings (SSSR count). The summed E-state index contributed by atoms with van der Waals surface area (Å²) in [6, 6.07) is 0.210. The normalized spacial score (nSPS) is 13.0. The van der Waals surface area contributed by atoms with Crippen LogP contribution >= 0.6 is 0 Å². The van der Waals surface area contributed by atoms with E-state index in [1.54, 1.807) is 16.9 Å². The average Bonchev–Trinajstić information content (AvgIpc) is 2.74. The first-order chi connectivity index (χ1) is 7.24. The zero-order valence-electron chi connectivity index (χ0n) is 8.70. The van der Waals surface area contributed by atoms with Gasteiger partial charge < -0.3 is 10.6 Å². The Balaban J connectivity index is 2.46. The van der Waals surface area contributed by atoms with Crippen molar-refractivity contribution in [2.75, 3.05) is 18.5 Å². The molecule has 0 spiro atoms. The van der Waals surface area contributed by atoms with Gasteiger partial charge in [-0.05, 0) is 17.4 Å². The molecule has 2 N–H and O–H groups in total. The maximum atomic E-state index is 5.61. The molecule has 0 radical (unpaired) electrons. The molecule has 0 fully saturated rings. The van der Waals surface area contributed by atoms with Gasteiger partial charge in [-0.3, -0.25) is 4.98 Å². The van der Waals surface area contributed by atoms with Crippen LogP contribution in [0.3, 0.4) is 0 Å². The second kappa shape index (κ2) is 3.77. The van der Waals surface area contributed by atoms with Crippen LogP contribution < -0.4 is 10.6 Å².